The molecular formula is C7H11F2N3O2S2. The minimum Gasteiger partial charge on any atom is -0.325 e. The number of hydrogen-bond acceptors (Lipinski definition) is 5. The van der Waals surface area contributed by atoms with Gasteiger partial charge in [0, 0.05) is 0 Å². The van der Waals surface area contributed by atoms with E-state index in [1.54, 1.807) is 11.6 Å². The molecule has 9 heteroatoms. The minimum absolute atomic E-state index is 0.0854. The molecule has 0 saturated carbocycles. The maximum absolute atomic E-state index is 12.7. The first-order valence-electron chi connectivity index (χ1n) is 4.27. The van der Waals surface area contributed by atoms with Gasteiger partial charge >= 0.3 is 0 Å². The Morgan fingerprint density at radius 1 is 1.62 bits per heavy atom. The number of alkyl halides is 2. The van der Waals surface area contributed by atoms with Crippen LogP contribution in [0.2, 0.25) is 0 Å². The molecule has 0 atom stereocenters. The van der Waals surface area contributed by atoms with Crippen molar-refractivity contribution < 1.29 is 17.2 Å². The third-order valence-electron chi connectivity index (χ3n) is 1.68. The van der Waals surface area contributed by atoms with E-state index in [0.29, 0.717) is 5.01 Å². The Kier molecular flexibility index (Phi) is 3.94. The summed E-state index contributed by atoms with van der Waals surface area (Å²) in [7, 11) is -3.91. The number of nitrogens with zero attached hydrogens (tertiary/aromatic N) is 1. The van der Waals surface area contributed by atoms with Crippen LogP contribution in [0.1, 0.15) is 5.01 Å². The predicted octanol–water partition coefficient (Wildman–Crippen LogP) is 0.324. The molecule has 0 aliphatic rings. The number of aromatic nitrogens is 1. The normalized spacial score (nSPS) is 13.0. The van der Waals surface area contributed by atoms with Crippen molar-refractivity contribution in [1.29, 1.82) is 0 Å². The largest absolute Gasteiger partial charge is 0.325 e. The second-order valence-corrected chi connectivity index (χ2v) is 6.31. The maximum atomic E-state index is 12.7. The smallest absolute Gasteiger partial charge is 0.273 e. The van der Waals surface area contributed by atoms with Crippen LogP contribution in [0.4, 0.5) is 8.78 Å². The standard InChI is InChI=1S/C7H11F2N3O2S2/c1-5-11-2-6(15-5)16(13,14)12-4-7(8,9)3-10/h2,12H,3-4,10H2,1H3. The van der Waals surface area contributed by atoms with Crippen LogP contribution in [0.5, 0.6) is 0 Å². The van der Waals surface area contributed by atoms with Gasteiger partial charge in [-0.05, 0) is 6.92 Å². The summed E-state index contributed by atoms with van der Waals surface area (Å²) in [5, 5.41) is 0.547. The van der Waals surface area contributed by atoms with Gasteiger partial charge in [0.15, 0.2) is 4.21 Å². The van der Waals surface area contributed by atoms with Crippen molar-refractivity contribution in [2.75, 3.05) is 13.1 Å². The van der Waals surface area contributed by atoms with Gasteiger partial charge in [-0.15, -0.1) is 11.3 Å². The van der Waals surface area contributed by atoms with Gasteiger partial charge in [0.2, 0.25) is 0 Å². The molecule has 1 aromatic heterocycles. The zero-order valence-corrected chi connectivity index (χ0v) is 10.0. The van der Waals surface area contributed by atoms with Crippen molar-refractivity contribution in [2.24, 2.45) is 5.73 Å². The van der Waals surface area contributed by atoms with Crippen LogP contribution in [0.15, 0.2) is 10.4 Å². The van der Waals surface area contributed by atoms with E-state index in [1.807, 2.05) is 0 Å². The molecule has 1 aromatic rings. The molecule has 0 saturated heterocycles. The fourth-order valence-electron chi connectivity index (χ4n) is 0.810. The van der Waals surface area contributed by atoms with Gasteiger partial charge in [0.05, 0.1) is 24.3 Å². The molecule has 0 spiro atoms. The number of nitrogens with one attached hydrogen (secondary N) is 1. The fourth-order valence-corrected chi connectivity index (χ4v) is 3.02. The van der Waals surface area contributed by atoms with Crippen LogP contribution in [0.3, 0.4) is 0 Å². The SMILES string of the molecule is Cc1ncc(S(=O)(=O)NCC(F)(F)CN)s1. The first-order chi connectivity index (χ1) is 7.27. The third-order valence-corrected chi connectivity index (χ3v) is 4.46. The summed E-state index contributed by atoms with van der Waals surface area (Å²) in [6.45, 7) is -0.293. The van der Waals surface area contributed by atoms with E-state index in [1.165, 1.54) is 0 Å². The molecule has 1 rings (SSSR count). The Morgan fingerprint density at radius 2 is 2.25 bits per heavy atom. The fraction of sp³-hybridized carbons (Fsp3) is 0.571. The lowest BCUT2D eigenvalue weighted by molar-refractivity contribution is 0.0170. The maximum Gasteiger partial charge on any atom is 0.273 e. The van der Waals surface area contributed by atoms with Crippen molar-refractivity contribution in [2.45, 2.75) is 17.1 Å². The summed E-state index contributed by atoms with van der Waals surface area (Å²) >= 11 is 0.915. The summed E-state index contributed by atoms with van der Waals surface area (Å²) in [4.78, 5) is 3.73. The highest BCUT2D eigenvalue weighted by atomic mass is 32.2. The lowest BCUT2D eigenvalue weighted by atomic mass is 10.3. The summed E-state index contributed by atoms with van der Waals surface area (Å²) in [6.07, 6.45) is 1.13. The van der Waals surface area contributed by atoms with Crippen molar-refractivity contribution in [1.82, 2.24) is 9.71 Å². The number of aryl methyl sites for hydroxylation is 1. The van der Waals surface area contributed by atoms with Crippen LogP contribution in [-0.2, 0) is 10.0 Å². The van der Waals surface area contributed by atoms with Gasteiger partial charge in [0.25, 0.3) is 15.9 Å². The molecule has 0 aliphatic heterocycles. The zero-order chi connectivity index (χ0) is 12.4. The Hall–Kier alpha value is -0.640. The van der Waals surface area contributed by atoms with Crippen molar-refractivity contribution in [3.8, 4) is 0 Å². The lowest BCUT2D eigenvalue weighted by Gasteiger charge is -2.13. The second kappa shape index (κ2) is 4.70. The van der Waals surface area contributed by atoms with Crippen molar-refractivity contribution >= 4 is 21.4 Å². The van der Waals surface area contributed by atoms with E-state index in [2.05, 4.69) is 4.98 Å². The average molecular weight is 271 g/mol. The summed E-state index contributed by atoms with van der Waals surface area (Å²) in [6, 6.07) is 0. The molecule has 3 N–H and O–H groups in total. The summed E-state index contributed by atoms with van der Waals surface area (Å²) < 4.78 is 50.2. The minimum atomic E-state index is -3.91. The average Bonchev–Trinajstić information content (AvgIpc) is 2.63. The Labute approximate surface area is 95.7 Å². The monoisotopic (exact) mass is 271 g/mol. The van der Waals surface area contributed by atoms with Crippen LogP contribution in [-0.4, -0.2) is 32.4 Å². The van der Waals surface area contributed by atoms with E-state index < -0.39 is 29.0 Å². The van der Waals surface area contributed by atoms with E-state index in [0.717, 1.165) is 17.5 Å². The molecule has 5 nitrogen and oxygen atoms in total. The molecule has 16 heavy (non-hydrogen) atoms. The van der Waals surface area contributed by atoms with Crippen LogP contribution < -0.4 is 10.5 Å². The number of thiazole rings is 1. The van der Waals surface area contributed by atoms with E-state index in [4.69, 9.17) is 5.73 Å². The van der Waals surface area contributed by atoms with Gasteiger partial charge in [-0.1, -0.05) is 0 Å². The topological polar surface area (TPSA) is 85.1 Å². The predicted molar refractivity (Wildman–Crippen MR) is 56.0 cm³/mol. The number of sulfonamides is 1. The summed E-state index contributed by atoms with van der Waals surface area (Å²) in [5.74, 6) is -3.24. The number of halogens is 2. The van der Waals surface area contributed by atoms with Crippen LogP contribution in [0, 0.1) is 6.92 Å². The lowest BCUT2D eigenvalue weighted by Crippen LogP contribution is -2.41. The summed E-state index contributed by atoms with van der Waals surface area (Å²) in [5.41, 5.74) is 4.78. The molecule has 0 radical (unpaired) electrons. The molecule has 0 aromatic carbocycles. The van der Waals surface area contributed by atoms with E-state index in [-0.39, 0.29) is 4.21 Å². The molecule has 0 bridgehead atoms. The zero-order valence-electron chi connectivity index (χ0n) is 8.41. The highest BCUT2D eigenvalue weighted by Crippen LogP contribution is 2.18. The highest BCUT2D eigenvalue weighted by molar-refractivity contribution is 7.91. The van der Waals surface area contributed by atoms with Gasteiger partial charge in [-0.2, -0.15) is 0 Å². The number of hydrogen-bond donors (Lipinski definition) is 2. The number of nitrogens with two attached hydrogens (primary N) is 1. The Balaban J connectivity index is 2.74. The van der Waals surface area contributed by atoms with Gasteiger partial charge in [0.1, 0.15) is 0 Å². The van der Waals surface area contributed by atoms with Crippen LogP contribution in [0.25, 0.3) is 0 Å². The van der Waals surface area contributed by atoms with Crippen molar-refractivity contribution in [3.05, 3.63) is 11.2 Å². The molecule has 0 fully saturated rings. The van der Waals surface area contributed by atoms with Crippen molar-refractivity contribution in [3.63, 3.8) is 0 Å². The van der Waals surface area contributed by atoms with Crippen LogP contribution >= 0.6 is 11.3 Å². The highest BCUT2D eigenvalue weighted by Gasteiger charge is 2.29. The number of rotatable bonds is 5. The first-order valence-corrected chi connectivity index (χ1v) is 6.57. The molecule has 0 aliphatic carbocycles. The Morgan fingerprint density at radius 3 is 2.69 bits per heavy atom. The molecule has 0 amide bonds. The van der Waals surface area contributed by atoms with E-state index in [9.17, 15) is 17.2 Å². The molecule has 92 valence electrons. The third kappa shape index (κ3) is 3.44. The molecule has 1 heterocycles. The quantitative estimate of drug-likeness (QED) is 0.808. The van der Waals surface area contributed by atoms with Gasteiger partial charge < -0.3 is 5.73 Å². The first kappa shape index (κ1) is 13.4. The molecular weight excluding hydrogens is 260 g/mol. The second-order valence-electron chi connectivity index (χ2n) is 3.08. The van der Waals surface area contributed by atoms with Gasteiger partial charge in [-0.3, -0.25) is 0 Å². The molecule has 0 unspecified atom stereocenters. The Bertz CT molecular complexity index is 458. The van der Waals surface area contributed by atoms with E-state index >= 15 is 0 Å². The van der Waals surface area contributed by atoms with Gasteiger partial charge in [-0.25, -0.2) is 26.9 Å².